The van der Waals surface area contributed by atoms with Crippen LogP contribution in [0.4, 0.5) is 0 Å². The van der Waals surface area contributed by atoms with Crippen molar-refractivity contribution in [1.29, 1.82) is 0 Å². The third-order valence-electron chi connectivity index (χ3n) is 4.02. The molecule has 19 heavy (non-hydrogen) atoms. The van der Waals surface area contributed by atoms with E-state index in [0.29, 0.717) is 6.04 Å². The molecule has 0 fully saturated rings. The lowest BCUT2D eigenvalue weighted by atomic mass is 10.0. The van der Waals surface area contributed by atoms with E-state index < -0.39 is 0 Å². The van der Waals surface area contributed by atoms with Gasteiger partial charge in [0.25, 0.3) is 0 Å². The van der Waals surface area contributed by atoms with Crippen molar-refractivity contribution in [3.63, 3.8) is 0 Å². The minimum absolute atomic E-state index is 0.531. The number of nitrogens with one attached hydrogen (secondary N) is 1. The van der Waals surface area contributed by atoms with Gasteiger partial charge in [-0.15, -0.1) is 11.3 Å². The Morgan fingerprint density at radius 1 is 1.58 bits per heavy atom. The second kappa shape index (κ2) is 5.19. The van der Waals surface area contributed by atoms with Gasteiger partial charge in [0.05, 0.1) is 6.54 Å². The van der Waals surface area contributed by atoms with Crippen LogP contribution in [0.25, 0.3) is 0 Å². The van der Waals surface area contributed by atoms with E-state index in [1.165, 1.54) is 12.0 Å². The van der Waals surface area contributed by atoms with Crippen LogP contribution in [-0.2, 0) is 19.6 Å². The molecule has 0 saturated heterocycles. The van der Waals surface area contributed by atoms with Crippen LogP contribution in [-0.4, -0.2) is 20.9 Å². The molecule has 102 valence electrons. The average Bonchev–Trinajstić information content (AvgIpc) is 3.01. The number of fused-ring (bicyclic) bond motifs is 1. The van der Waals surface area contributed by atoms with Crippen LogP contribution in [0, 0.1) is 4.77 Å². The van der Waals surface area contributed by atoms with Crippen molar-refractivity contribution >= 4 is 23.6 Å². The molecule has 0 aliphatic carbocycles. The molecule has 3 rings (SSSR count). The Morgan fingerprint density at radius 3 is 3.16 bits per heavy atom. The Hall–Kier alpha value is -0.980. The topological polar surface area (TPSA) is 27.2 Å². The zero-order chi connectivity index (χ0) is 13.4. The summed E-state index contributed by atoms with van der Waals surface area (Å²) in [5.74, 6) is 0. The van der Waals surface area contributed by atoms with Crippen molar-refractivity contribution in [2.45, 2.75) is 39.5 Å². The molecule has 1 unspecified atom stereocenters. The highest BCUT2D eigenvalue weighted by atomic mass is 32.1. The SMILES string of the molecule is CCn1cnn(C[NH+]2CCc3sccc3[C@H]2C)c1=S. The van der Waals surface area contributed by atoms with E-state index in [2.05, 4.69) is 30.4 Å². The van der Waals surface area contributed by atoms with Gasteiger partial charge in [-0.1, -0.05) is 0 Å². The molecule has 4 nitrogen and oxygen atoms in total. The van der Waals surface area contributed by atoms with Crippen molar-refractivity contribution in [2.24, 2.45) is 0 Å². The van der Waals surface area contributed by atoms with Gasteiger partial charge in [0.1, 0.15) is 12.4 Å². The number of rotatable bonds is 3. The molecular formula is C13H19N4S2+. The van der Waals surface area contributed by atoms with Gasteiger partial charge < -0.3 is 9.47 Å². The monoisotopic (exact) mass is 295 g/mol. The molecule has 0 amide bonds. The summed E-state index contributed by atoms with van der Waals surface area (Å²) in [6, 6.07) is 2.80. The number of quaternary nitrogens is 1. The maximum atomic E-state index is 5.44. The molecule has 2 atom stereocenters. The standard InChI is InChI=1S/C13H18N4S2/c1-3-15-8-14-17(13(15)18)9-16-6-4-12-11(10(16)2)5-7-19-12/h5,7-8,10H,3-4,6,9H2,1-2H3/p+1/t10-/m1/s1. The van der Waals surface area contributed by atoms with E-state index >= 15 is 0 Å². The largest absolute Gasteiger partial charge is 0.310 e. The first-order valence-corrected chi connectivity index (χ1v) is 8.02. The molecule has 1 N–H and O–H groups in total. The van der Waals surface area contributed by atoms with Gasteiger partial charge in [-0.3, -0.25) is 0 Å². The Labute approximate surface area is 122 Å². The summed E-state index contributed by atoms with van der Waals surface area (Å²) in [4.78, 5) is 3.10. The number of nitrogens with zero attached hydrogens (tertiary/aromatic N) is 3. The van der Waals surface area contributed by atoms with E-state index in [-0.39, 0.29) is 0 Å². The Kier molecular flexibility index (Phi) is 3.56. The first kappa shape index (κ1) is 13.0. The lowest BCUT2D eigenvalue weighted by molar-refractivity contribution is -0.954. The molecule has 1 aliphatic rings. The molecule has 0 radical (unpaired) electrons. The van der Waals surface area contributed by atoms with E-state index in [4.69, 9.17) is 12.2 Å². The highest BCUT2D eigenvalue weighted by molar-refractivity contribution is 7.71. The number of hydrogen-bond donors (Lipinski definition) is 1. The van der Waals surface area contributed by atoms with E-state index in [0.717, 1.165) is 24.5 Å². The summed E-state index contributed by atoms with van der Waals surface area (Å²) in [5, 5.41) is 6.63. The molecule has 0 bridgehead atoms. The van der Waals surface area contributed by atoms with Crippen LogP contribution in [0.1, 0.15) is 30.3 Å². The Balaban J connectivity index is 1.81. The quantitative estimate of drug-likeness (QED) is 0.872. The molecule has 3 heterocycles. The van der Waals surface area contributed by atoms with E-state index in [1.54, 1.807) is 9.78 Å². The lowest BCUT2D eigenvalue weighted by Crippen LogP contribution is -3.12. The fraction of sp³-hybridized carbons (Fsp3) is 0.538. The predicted molar refractivity (Wildman–Crippen MR) is 79.0 cm³/mol. The zero-order valence-electron chi connectivity index (χ0n) is 11.3. The summed E-state index contributed by atoms with van der Waals surface area (Å²) in [7, 11) is 0. The minimum atomic E-state index is 0.531. The maximum Gasteiger partial charge on any atom is 0.202 e. The smallest absolute Gasteiger partial charge is 0.202 e. The first-order valence-electron chi connectivity index (χ1n) is 6.73. The summed E-state index contributed by atoms with van der Waals surface area (Å²) in [6.07, 6.45) is 3.01. The van der Waals surface area contributed by atoms with Gasteiger partial charge in [0, 0.05) is 23.4 Å². The first-order chi connectivity index (χ1) is 9.20. The molecule has 2 aromatic heterocycles. The summed E-state index contributed by atoms with van der Waals surface area (Å²) in [6.45, 7) is 7.31. The fourth-order valence-corrected chi connectivity index (χ4v) is 4.02. The lowest BCUT2D eigenvalue weighted by Gasteiger charge is -2.30. The van der Waals surface area contributed by atoms with Crippen LogP contribution in [0.2, 0.25) is 0 Å². The van der Waals surface area contributed by atoms with Gasteiger partial charge in [0.2, 0.25) is 4.77 Å². The van der Waals surface area contributed by atoms with Crippen molar-refractivity contribution < 1.29 is 4.90 Å². The van der Waals surface area contributed by atoms with Crippen LogP contribution in [0.5, 0.6) is 0 Å². The van der Waals surface area contributed by atoms with Crippen molar-refractivity contribution in [1.82, 2.24) is 14.3 Å². The van der Waals surface area contributed by atoms with Gasteiger partial charge in [-0.2, -0.15) is 9.78 Å². The summed E-state index contributed by atoms with van der Waals surface area (Å²) >= 11 is 7.33. The molecule has 0 spiro atoms. The maximum absolute atomic E-state index is 5.44. The third kappa shape index (κ3) is 2.28. The molecular weight excluding hydrogens is 276 g/mol. The second-order valence-corrected chi connectivity index (χ2v) is 6.40. The number of aromatic nitrogens is 3. The second-order valence-electron chi connectivity index (χ2n) is 5.04. The van der Waals surface area contributed by atoms with Gasteiger partial charge in [-0.05, 0) is 37.5 Å². The van der Waals surface area contributed by atoms with Crippen molar-refractivity contribution in [3.8, 4) is 0 Å². The highest BCUT2D eigenvalue weighted by Gasteiger charge is 2.28. The summed E-state index contributed by atoms with van der Waals surface area (Å²) < 4.78 is 4.81. The van der Waals surface area contributed by atoms with Crippen molar-refractivity contribution in [3.05, 3.63) is 33.0 Å². The molecule has 0 aromatic carbocycles. The normalized spacial score (nSPS) is 22.4. The molecule has 1 aliphatic heterocycles. The van der Waals surface area contributed by atoms with Gasteiger partial charge >= 0.3 is 0 Å². The van der Waals surface area contributed by atoms with Gasteiger partial charge in [-0.25, -0.2) is 0 Å². The van der Waals surface area contributed by atoms with Crippen LogP contribution >= 0.6 is 23.6 Å². The number of thiophene rings is 1. The van der Waals surface area contributed by atoms with E-state index in [9.17, 15) is 0 Å². The third-order valence-corrected chi connectivity index (χ3v) is 5.46. The average molecular weight is 295 g/mol. The van der Waals surface area contributed by atoms with Gasteiger partial charge in [0.15, 0.2) is 6.67 Å². The predicted octanol–water partition coefficient (Wildman–Crippen LogP) is 1.66. The van der Waals surface area contributed by atoms with Crippen LogP contribution in [0.15, 0.2) is 17.8 Å². The van der Waals surface area contributed by atoms with E-state index in [1.807, 2.05) is 26.9 Å². The van der Waals surface area contributed by atoms with Crippen molar-refractivity contribution in [2.75, 3.05) is 6.54 Å². The van der Waals surface area contributed by atoms with Crippen LogP contribution < -0.4 is 4.90 Å². The summed E-state index contributed by atoms with van der Waals surface area (Å²) in [5.41, 5.74) is 1.51. The molecule has 6 heteroatoms. The number of hydrogen-bond acceptors (Lipinski definition) is 3. The zero-order valence-corrected chi connectivity index (χ0v) is 12.9. The van der Waals surface area contributed by atoms with Crippen LogP contribution in [0.3, 0.4) is 0 Å². The highest BCUT2D eigenvalue weighted by Crippen LogP contribution is 2.24. The Bertz CT molecular complexity index is 625. The number of aryl methyl sites for hydroxylation is 1. The fourth-order valence-electron chi connectivity index (χ4n) is 2.76. The molecule has 0 saturated carbocycles. The minimum Gasteiger partial charge on any atom is -0.310 e. The Morgan fingerprint density at radius 2 is 2.42 bits per heavy atom. The molecule has 2 aromatic rings.